The summed E-state index contributed by atoms with van der Waals surface area (Å²) < 4.78 is 18.4. The van der Waals surface area contributed by atoms with E-state index in [0.29, 0.717) is 5.56 Å². The molecule has 7 nitrogen and oxygen atoms in total. The molecule has 1 aliphatic carbocycles. The van der Waals surface area contributed by atoms with Gasteiger partial charge in [-0.15, -0.1) is 0 Å². The average Bonchev–Trinajstić information content (AvgIpc) is 3.09. The first-order chi connectivity index (χ1) is 16.3. The predicted octanol–water partition coefficient (Wildman–Crippen LogP) is 4.18. The van der Waals surface area contributed by atoms with Crippen molar-refractivity contribution < 1.29 is 28.3 Å². The highest BCUT2D eigenvalue weighted by Gasteiger charge is 2.40. The molecule has 1 saturated carbocycles. The maximum absolute atomic E-state index is 13.1. The van der Waals surface area contributed by atoms with Crippen molar-refractivity contribution in [2.75, 3.05) is 0 Å². The first-order valence-electron chi connectivity index (χ1n) is 11.5. The first kappa shape index (κ1) is 23.6. The van der Waals surface area contributed by atoms with Crippen LogP contribution in [-0.4, -0.2) is 40.7 Å². The zero-order valence-corrected chi connectivity index (χ0v) is 19.2. The van der Waals surface area contributed by atoms with Gasteiger partial charge in [0.15, 0.2) is 6.10 Å². The number of amides is 3. The summed E-state index contributed by atoms with van der Waals surface area (Å²) in [6.45, 7) is 3.18. The number of imide groups is 1. The monoisotopic (exact) mass is 466 g/mol. The zero-order valence-electron chi connectivity index (χ0n) is 19.2. The number of hydrogen-bond acceptors (Lipinski definition) is 5. The summed E-state index contributed by atoms with van der Waals surface area (Å²) in [5.74, 6) is -2.37. The summed E-state index contributed by atoms with van der Waals surface area (Å²) >= 11 is 0. The van der Waals surface area contributed by atoms with Crippen LogP contribution in [0.25, 0.3) is 0 Å². The van der Waals surface area contributed by atoms with E-state index >= 15 is 0 Å². The Morgan fingerprint density at radius 2 is 1.62 bits per heavy atom. The molecule has 2 atom stereocenters. The van der Waals surface area contributed by atoms with Crippen molar-refractivity contribution in [3.8, 4) is 0 Å². The number of hydrogen-bond donors (Lipinski definition) is 1. The van der Waals surface area contributed by atoms with Gasteiger partial charge in [0.2, 0.25) is 0 Å². The molecule has 2 aromatic rings. The van der Waals surface area contributed by atoms with Gasteiger partial charge >= 0.3 is 5.97 Å². The highest BCUT2D eigenvalue weighted by Crippen LogP contribution is 2.31. The molecule has 1 fully saturated rings. The third-order valence-corrected chi connectivity index (χ3v) is 6.48. The van der Waals surface area contributed by atoms with E-state index in [4.69, 9.17) is 4.74 Å². The highest BCUT2D eigenvalue weighted by atomic mass is 19.1. The SMILES string of the molecule is C[C@H](OC(=O)c1ccc2c(c1)C(=O)N(C1CCCCC1)C2=O)C(=O)N[C@H](C)c1ccc(F)cc1. The molecule has 34 heavy (non-hydrogen) atoms. The number of halogens is 1. The van der Waals surface area contributed by atoms with Crippen molar-refractivity contribution in [1.29, 1.82) is 0 Å². The van der Waals surface area contributed by atoms with E-state index in [9.17, 15) is 23.6 Å². The quantitative estimate of drug-likeness (QED) is 0.509. The summed E-state index contributed by atoms with van der Waals surface area (Å²) in [5.41, 5.74) is 1.27. The van der Waals surface area contributed by atoms with Gasteiger partial charge in [-0.2, -0.15) is 0 Å². The molecular formula is C26H27FN2O5. The molecule has 0 unspecified atom stereocenters. The highest BCUT2D eigenvalue weighted by molar-refractivity contribution is 6.22. The van der Waals surface area contributed by atoms with E-state index in [1.165, 1.54) is 42.2 Å². The number of carbonyl (C=O) groups is 4. The molecule has 3 amide bonds. The van der Waals surface area contributed by atoms with Gasteiger partial charge in [0.1, 0.15) is 5.82 Å². The van der Waals surface area contributed by atoms with Crippen molar-refractivity contribution in [1.82, 2.24) is 10.2 Å². The smallest absolute Gasteiger partial charge is 0.338 e. The van der Waals surface area contributed by atoms with Crippen molar-refractivity contribution in [3.63, 3.8) is 0 Å². The third-order valence-electron chi connectivity index (χ3n) is 6.48. The Bertz CT molecular complexity index is 1120. The minimum Gasteiger partial charge on any atom is -0.449 e. The molecule has 0 radical (unpaired) electrons. The third kappa shape index (κ3) is 4.71. The topological polar surface area (TPSA) is 92.8 Å². The summed E-state index contributed by atoms with van der Waals surface area (Å²) in [4.78, 5) is 52.3. The lowest BCUT2D eigenvalue weighted by Gasteiger charge is -2.29. The number of nitrogens with zero attached hydrogens (tertiary/aromatic N) is 1. The van der Waals surface area contributed by atoms with Gasteiger partial charge in [-0.25, -0.2) is 9.18 Å². The van der Waals surface area contributed by atoms with Crippen LogP contribution in [0.15, 0.2) is 42.5 Å². The Hall–Kier alpha value is -3.55. The number of benzene rings is 2. The van der Waals surface area contributed by atoms with E-state index < -0.39 is 24.0 Å². The maximum Gasteiger partial charge on any atom is 0.338 e. The van der Waals surface area contributed by atoms with E-state index in [-0.39, 0.29) is 40.4 Å². The fourth-order valence-electron chi connectivity index (χ4n) is 4.50. The standard InChI is InChI=1S/C26H27FN2O5/c1-15(17-8-11-19(27)12-9-17)28-23(30)16(2)34-26(33)18-10-13-21-22(14-18)25(32)29(24(21)31)20-6-4-3-5-7-20/h8-16,20H,3-7H2,1-2H3,(H,28,30)/t15-,16+/m1/s1. The van der Waals surface area contributed by atoms with Crippen molar-refractivity contribution in [2.45, 2.75) is 64.1 Å². The van der Waals surface area contributed by atoms with Crippen LogP contribution in [0.5, 0.6) is 0 Å². The van der Waals surface area contributed by atoms with Crippen molar-refractivity contribution in [3.05, 3.63) is 70.5 Å². The number of esters is 1. The van der Waals surface area contributed by atoms with Gasteiger partial charge in [0, 0.05) is 6.04 Å². The second-order valence-electron chi connectivity index (χ2n) is 8.86. The lowest BCUT2D eigenvalue weighted by Crippen LogP contribution is -2.40. The summed E-state index contributed by atoms with van der Waals surface area (Å²) in [6, 6.07) is 9.48. The molecule has 2 aromatic carbocycles. The van der Waals surface area contributed by atoms with Crippen LogP contribution in [0.1, 0.15) is 88.6 Å². The van der Waals surface area contributed by atoms with Gasteiger partial charge < -0.3 is 10.1 Å². The van der Waals surface area contributed by atoms with Crippen LogP contribution in [0, 0.1) is 5.82 Å². The second-order valence-corrected chi connectivity index (χ2v) is 8.86. The molecule has 1 heterocycles. The van der Waals surface area contributed by atoms with Crippen LogP contribution in [0.2, 0.25) is 0 Å². The molecular weight excluding hydrogens is 439 g/mol. The minimum absolute atomic E-state index is 0.0941. The largest absolute Gasteiger partial charge is 0.449 e. The predicted molar refractivity (Wildman–Crippen MR) is 122 cm³/mol. The Morgan fingerprint density at radius 3 is 2.29 bits per heavy atom. The summed E-state index contributed by atoms with van der Waals surface area (Å²) in [5, 5.41) is 2.72. The van der Waals surface area contributed by atoms with Gasteiger partial charge in [0.25, 0.3) is 17.7 Å². The molecule has 0 spiro atoms. The molecule has 178 valence electrons. The van der Waals surface area contributed by atoms with Gasteiger partial charge in [-0.1, -0.05) is 31.4 Å². The fraction of sp³-hybridized carbons (Fsp3) is 0.385. The summed E-state index contributed by atoms with van der Waals surface area (Å²) in [6.07, 6.45) is 3.56. The zero-order chi connectivity index (χ0) is 24.4. The van der Waals surface area contributed by atoms with Crippen molar-refractivity contribution >= 4 is 23.7 Å². The Kier molecular flexibility index (Phi) is 6.77. The minimum atomic E-state index is -1.10. The van der Waals surface area contributed by atoms with E-state index in [0.717, 1.165) is 32.1 Å². The van der Waals surface area contributed by atoms with E-state index in [1.54, 1.807) is 19.1 Å². The normalized spacial score (nSPS) is 17.8. The second kappa shape index (κ2) is 9.75. The Labute approximate surface area is 197 Å². The van der Waals surface area contributed by atoms with Crippen LogP contribution < -0.4 is 5.32 Å². The molecule has 1 aliphatic heterocycles. The van der Waals surface area contributed by atoms with Gasteiger partial charge in [0.05, 0.1) is 22.7 Å². The number of ether oxygens (including phenoxy) is 1. The van der Waals surface area contributed by atoms with Crippen molar-refractivity contribution in [2.24, 2.45) is 0 Å². The lowest BCUT2D eigenvalue weighted by molar-refractivity contribution is -0.129. The van der Waals surface area contributed by atoms with Crippen LogP contribution in [0.3, 0.4) is 0 Å². The molecule has 2 aliphatic rings. The molecule has 8 heteroatoms. The van der Waals surface area contributed by atoms with Crippen LogP contribution >= 0.6 is 0 Å². The first-order valence-corrected chi connectivity index (χ1v) is 11.5. The molecule has 0 saturated heterocycles. The molecule has 4 rings (SSSR count). The van der Waals surface area contributed by atoms with Crippen LogP contribution in [0.4, 0.5) is 4.39 Å². The molecule has 0 bridgehead atoms. The number of rotatable bonds is 6. The fourth-order valence-corrected chi connectivity index (χ4v) is 4.50. The average molecular weight is 467 g/mol. The lowest BCUT2D eigenvalue weighted by atomic mass is 9.94. The number of carbonyl (C=O) groups excluding carboxylic acids is 4. The number of fused-ring (bicyclic) bond motifs is 1. The maximum atomic E-state index is 13.1. The van der Waals surface area contributed by atoms with Gasteiger partial charge in [-0.05, 0) is 62.6 Å². The van der Waals surface area contributed by atoms with Crippen LogP contribution in [-0.2, 0) is 9.53 Å². The Morgan fingerprint density at radius 1 is 0.971 bits per heavy atom. The van der Waals surface area contributed by atoms with E-state index in [1.807, 2.05) is 0 Å². The molecule has 1 N–H and O–H groups in total. The van der Waals surface area contributed by atoms with E-state index in [2.05, 4.69) is 5.32 Å². The summed E-state index contributed by atoms with van der Waals surface area (Å²) in [7, 11) is 0. The Balaban J connectivity index is 1.40. The number of nitrogens with one attached hydrogen (secondary N) is 1. The van der Waals surface area contributed by atoms with Gasteiger partial charge in [-0.3, -0.25) is 19.3 Å². The molecule has 0 aromatic heterocycles.